The summed E-state index contributed by atoms with van der Waals surface area (Å²) in [6.45, 7) is 3.88. The molecule has 0 aromatic heterocycles. The van der Waals surface area contributed by atoms with Crippen molar-refractivity contribution in [3.8, 4) is 0 Å². The van der Waals surface area contributed by atoms with E-state index in [1.54, 1.807) is 26.2 Å². The number of rotatable bonds is 10. The Balaban J connectivity index is 4.46. The van der Waals surface area contributed by atoms with Gasteiger partial charge in [-0.05, 0) is 13.3 Å². The van der Waals surface area contributed by atoms with E-state index in [1.807, 2.05) is 6.92 Å². The molecule has 0 aromatic carbocycles. The number of ether oxygens (including phenoxy) is 3. The second-order valence-electron chi connectivity index (χ2n) is 4.22. The summed E-state index contributed by atoms with van der Waals surface area (Å²) in [7, 11) is 4.81. The van der Waals surface area contributed by atoms with Crippen molar-refractivity contribution in [1.82, 2.24) is 4.90 Å². The van der Waals surface area contributed by atoms with Gasteiger partial charge in [-0.2, -0.15) is 0 Å². The van der Waals surface area contributed by atoms with Crippen LogP contribution in [0.5, 0.6) is 0 Å². The number of carbonyl (C=O) groups excluding carboxylic acids is 1. The van der Waals surface area contributed by atoms with Crippen LogP contribution < -0.4 is 5.73 Å². The minimum Gasteiger partial charge on any atom is -0.385 e. The third kappa shape index (κ3) is 6.30. The highest BCUT2D eigenvalue weighted by Crippen LogP contribution is 2.05. The topological polar surface area (TPSA) is 74.0 Å². The Hall–Kier alpha value is -0.690. The van der Waals surface area contributed by atoms with Crippen molar-refractivity contribution < 1.29 is 19.0 Å². The second-order valence-corrected chi connectivity index (χ2v) is 4.22. The maximum absolute atomic E-state index is 12.2. The van der Waals surface area contributed by atoms with Crippen molar-refractivity contribution in [3.05, 3.63) is 0 Å². The van der Waals surface area contributed by atoms with Crippen LogP contribution in [0.2, 0.25) is 0 Å². The molecule has 6 heteroatoms. The van der Waals surface area contributed by atoms with Crippen LogP contribution in [0.1, 0.15) is 13.3 Å². The highest BCUT2D eigenvalue weighted by atomic mass is 16.5. The fourth-order valence-corrected chi connectivity index (χ4v) is 1.65. The van der Waals surface area contributed by atoms with E-state index in [2.05, 4.69) is 0 Å². The molecule has 0 aliphatic heterocycles. The van der Waals surface area contributed by atoms with Gasteiger partial charge in [0.2, 0.25) is 5.91 Å². The first-order chi connectivity index (χ1) is 8.58. The first kappa shape index (κ1) is 17.3. The van der Waals surface area contributed by atoms with Gasteiger partial charge in [-0.3, -0.25) is 4.79 Å². The molecule has 0 fully saturated rings. The van der Waals surface area contributed by atoms with Crippen LogP contribution >= 0.6 is 0 Å². The molecule has 0 aromatic rings. The van der Waals surface area contributed by atoms with Crippen molar-refractivity contribution >= 4 is 5.91 Å². The number of amides is 1. The molecule has 2 atom stereocenters. The van der Waals surface area contributed by atoms with E-state index in [4.69, 9.17) is 19.9 Å². The summed E-state index contributed by atoms with van der Waals surface area (Å²) in [5.74, 6) is -0.0892. The molecule has 0 bridgehead atoms. The van der Waals surface area contributed by atoms with Gasteiger partial charge in [0.05, 0.1) is 25.3 Å². The molecule has 0 spiro atoms. The van der Waals surface area contributed by atoms with Crippen LogP contribution in [-0.2, 0) is 19.0 Å². The fourth-order valence-electron chi connectivity index (χ4n) is 1.65. The lowest BCUT2D eigenvalue weighted by Crippen LogP contribution is -2.50. The maximum Gasteiger partial charge on any atom is 0.239 e. The normalized spacial score (nSPS) is 14.3. The summed E-state index contributed by atoms with van der Waals surface area (Å²) in [5, 5.41) is 0. The average molecular weight is 262 g/mol. The molecule has 6 nitrogen and oxygen atoms in total. The van der Waals surface area contributed by atoms with Crippen molar-refractivity contribution in [1.29, 1.82) is 0 Å². The third-order valence-corrected chi connectivity index (χ3v) is 2.71. The first-order valence-corrected chi connectivity index (χ1v) is 6.11. The van der Waals surface area contributed by atoms with E-state index in [0.29, 0.717) is 32.8 Å². The van der Waals surface area contributed by atoms with E-state index in [0.717, 1.165) is 0 Å². The summed E-state index contributed by atoms with van der Waals surface area (Å²) in [4.78, 5) is 13.9. The quantitative estimate of drug-likeness (QED) is 0.593. The molecule has 0 rings (SSSR count). The summed E-state index contributed by atoms with van der Waals surface area (Å²) in [5.41, 5.74) is 5.86. The molecule has 2 N–H and O–H groups in total. The molecule has 0 saturated carbocycles. The Morgan fingerprint density at radius 1 is 1.17 bits per heavy atom. The first-order valence-electron chi connectivity index (χ1n) is 6.11. The van der Waals surface area contributed by atoms with Crippen LogP contribution in [0.3, 0.4) is 0 Å². The van der Waals surface area contributed by atoms with Gasteiger partial charge >= 0.3 is 0 Å². The van der Waals surface area contributed by atoms with Crippen LogP contribution in [0, 0.1) is 0 Å². The SMILES string of the molecule is COCCC(N)C(=O)N(CCOC)C(C)COC. The second kappa shape index (κ2) is 10.3. The molecule has 108 valence electrons. The van der Waals surface area contributed by atoms with Gasteiger partial charge in [0.15, 0.2) is 0 Å². The van der Waals surface area contributed by atoms with Crippen molar-refractivity contribution in [2.24, 2.45) is 5.73 Å². The molecule has 18 heavy (non-hydrogen) atoms. The Kier molecular flexibility index (Phi) is 9.86. The van der Waals surface area contributed by atoms with Crippen LogP contribution in [0.15, 0.2) is 0 Å². The smallest absolute Gasteiger partial charge is 0.239 e. The standard InChI is InChI=1S/C12H26N2O4/c1-10(9-18-4)14(6-8-17-3)12(15)11(13)5-7-16-2/h10-11H,5-9,13H2,1-4H3. The van der Waals surface area contributed by atoms with Gasteiger partial charge in [-0.25, -0.2) is 0 Å². The molecule has 1 amide bonds. The lowest BCUT2D eigenvalue weighted by Gasteiger charge is -2.30. The third-order valence-electron chi connectivity index (χ3n) is 2.71. The van der Waals surface area contributed by atoms with E-state index in [-0.39, 0.29) is 11.9 Å². The molecular weight excluding hydrogens is 236 g/mol. The zero-order chi connectivity index (χ0) is 14.0. The van der Waals surface area contributed by atoms with Crippen molar-refractivity contribution in [3.63, 3.8) is 0 Å². The monoisotopic (exact) mass is 262 g/mol. The van der Waals surface area contributed by atoms with E-state index >= 15 is 0 Å². The zero-order valence-corrected chi connectivity index (χ0v) is 11.8. The summed E-state index contributed by atoms with van der Waals surface area (Å²) in [6.07, 6.45) is 0.512. The summed E-state index contributed by atoms with van der Waals surface area (Å²) < 4.78 is 15.0. The van der Waals surface area contributed by atoms with Gasteiger partial charge in [-0.1, -0.05) is 0 Å². The lowest BCUT2D eigenvalue weighted by molar-refractivity contribution is -0.136. The number of hydrogen-bond acceptors (Lipinski definition) is 5. The molecule has 0 heterocycles. The number of nitrogens with two attached hydrogens (primary N) is 1. The predicted molar refractivity (Wildman–Crippen MR) is 69.4 cm³/mol. The van der Waals surface area contributed by atoms with Crippen molar-refractivity contribution in [2.45, 2.75) is 25.4 Å². The Bertz CT molecular complexity index is 226. The molecule has 0 radical (unpaired) electrons. The number of hydrogen-bond donors (Lipinski definition) is 1. The maximum atomic E-state index is 12.2. The number of nitrogens with zero attached hydrogens (tertiary/aromatic N) is 1. The lowest BCUT2D eigenvalue weighted by atomic mass is 10.1. The largest absolute Gasteiger partial charge is 0.385 e. The van der Waals surface area contributed by atoms with Gasteiger partial charge in [0.1, 0.15) is 0 Å². The molecule has 2 unspecified atom stereocenters. The molecule has 0 aliphatic rings. The Morgan fingerprint density at radius 2 is 1.78 bits per heavy atom. The molecule has 0 saturated heterocycles. The number of carbonyl (C=O) groups is 1. The van der Waals surface area contributed by atoms with Gasteiger partial charge < -0.3 is 24.8 Å². The average Bonchev–Trinajstić information content (AvgIpc) is 2.36. The zero-order valence-electron chi connectivity index (χ0n) is 11.8. The van der Waals surface area contributed by atoms with E-state index in [1.165, 1.54) is 0 Å². The van der Waals surface area contributed by atoms with E-state index in [9.17, 15) is 4.79 Å². The minimum atomic E-state index is -0.541. The van der Waals surface area contributed by atoms with Crippen LogP contribution in [0.25, 0.3) is 0 Å². The van der Waals surface area contributed by atoms with Crippen molar-refractivity contribution in [2.75, 3.05) is 47.7 Å². The highest BCUT2D eigenvalue weighted by molar-refractivity contribution is 5.81. The summed E-state index contributed by atoms with van der Waals surface area (Å²) >= 11 is 0. The van der Waals surface area contributed by atoms with Gasteiger partial charge in [0, 0.05) is 34.5 Å². The van der Waals surface area contributed by atoms with Crippen LogP contribution in [-0.4, -0.2) is 70.6 Å². The number of methoxy groups -OCH3 is 3. The van der Waals surface area contributed by atoms with Crippen LogP contribution in [0.4, 0.5) is 0 Å². The minimum absolute atomic E-state index is 0.0220. The van der Waals surface area contributed by atoms with E-state index < -0.39 is 6.04 Å². The Labute approximate surface area is 109 Å². The molecular formula is C12H26N2O4. The molecule has 0 aliphatic carbocycles. The van der Waals surface area contributed by atoms with Gasteiger partial charge in [-0.15, -0.1) is 0 Å². The summed E-state index contributed by atoms with van der Waals surface area (Å²) in [6, 6.07) is -0.563. The highest BCUT2D eigenvalue weighted by Gasteiger charge is 2.24. The van der Waals surface area contributed by atoms with Gasteiger partial charge in [0.25, 0.3) is 0 Å². The fraction of sp³-hybridized carbons (Fsp3) is 0.917. The Morgan fingerprint density at radius 3 is 2.28 bits per heavy atom. The predicted octanol–water partition coefficient (Wildman–Crippen LogP) is -0.140.